The van der Waals surface area contributed by atoms with Gasteiger partial charge in [0.1, 0.15) is 0 Å². The molecule has 0 spiro atoms. The van der Waals surface area contributed by atoms with Gasteiger partial charge in [-0.25, -0.2) is 8.42 Å². The average Bonchev–Trinajstić information content (AvgIpc) is 2.60. The van der Waals surface area contributed by atoms with Gasteiger partial charge in [-0.2, -0.15) is 25.9 Å². The van der Waals surface area contributed by atoms with E-state index in [-0.39, 0.29) is 24.5 Å². The van der Waals surface area contributed by atoms with Gasteiger partial charge in [0, 0.05) is 12.6 Å². The Morgan fingerprint density at radius 2 is 1.72 bits per heavy atom. The molecule has 0 radical (unpaired) electrons. The number of hydrogen-bond acceptors (Lipinski definition) is 6. The summed E-state index contributed by atoms with van der Waals surface area (Å²) in [7, 11) is -7.65. The molecule has 1 saturated heterocycles. The average molecular weight is 460 g/mol. The van der Waals surface area contributed by atoms with Crippen LogP contribution in [0.25, 0.3) is 0 Å². The fraction of sp³-hybridized carbons (Fsp3) is 0.647. The van der Waals surface area contributed by atoms with Crippen molar-refractivity contribution in [3.8, 4) is 0 Å². The molecule has 0 aliphatic carbocycles. The maximum atomic E-state index is 13.0. The Labute approximate surface area is 168 Å². The van der Waals surface area contributed by atoms with Gasteiger partial charge in [-0.1, -0.05) is 18.6 Å². The predicted octanol–water partition coefficient (Wildman–Crippen LogP) is 2.37. The van der Waals surface area contributed by atoms with E-state index in [0.717, 1.165) is 36.9 Å². The van der Waals surface area contributed by atoms with Crippen LogP contribution >= 0.6 is 0 Å². The number of nitrogens with zero attached hydrogens (tertiary/aromatic N) is 1. The van der Waals surface area contributed by atoms with E-state index in [4.69, 9.17) is 4.18 Å². The minimum Gasteiger partial charge on any atom is -0.376 e. The summed E-state index contributed by atoms with van der Waals surface area (Å²) in [5.74, 6) is 0. The summed E-state index contributed by atoms with van der Waals surface area (Å²) in [5, 5.41) is 9.72. The molecule has 166 valence electrons. The molecule has 2 rings (SSSR count). The number of rotatable bonds is 7. The lowest BCUT2D eigenvalue weighted by molar-refractivity contribution is -0.258. The Morgan fingerprint density at radius 3 is 2.24 bits per heavy atom. The van der Waals surface area contributed by atoms with Crippen molar-refractivity contribution >= 4 is 20.1 Å². The largest absolute Gasteiger partial charge is 0.421 e. The fourth-order valence-corrected chi connectivity index (χ4v) is 5.29. The van der Waals surface area contributed by atoms with Crippen LogP contribution in [0.1, 0.15) is 38.2 Å². The Morgan fingerprint density at radius 1 is 1.14 bits per heavy atom. The first-order chi connectivity index (χ1) is 13.2. The second-order valence-corrected chi connectivity index (χ2v) is 10.7. The number of piperidine rings is 1. The molecule has 7 nitrogen and oxygen atoms in total. The smallest absolute Gasteiger partial charge is 0.376 e. The monoisotopic (exact) mass is 459 g/mol. The van der Waals surface area contributed by atoms with Crippen molar-refractivity contribution < 1.29 is 39.3 Å². The van der Waals surface area contributed by atoms with Crippen molar-refractivity contribution in [1.82, 2.24) is 4.31 Å². The second kappa shape index (κ2) is 8.50. The number of alkyl halides is 3. The van der Waals surface area contributed by atoms with E-state index in [1.165, 1.54) is 4.31 Å². The summed E-state index contributed by atoms with van der Waals surface area (Å²) in [4.78, 5) is -0.199. The van der Waals surface area contributed by atoms with Crippen molar-refractivity contribution in [2.45, 2.75) is 55.3 Å². The molecule has 1 N–H and O–H groups in total. The van der Waals surface area contributed by atoms with Crippen LogP contribution in [0, 0.1) is 0 Å². The highest BCUT2D eigenvalue weighted by Crippen LogP contribution is 2.39. The molecule has 0 bridgehead atoms. The Bertz CT molecular complexity index is 911. The first-order valence-corrected chi connectivity index (χ1v) is 12.2. The molecule has 1 heterocycles. The highest BCUT2D eigenvalue weighted by atomic mass is 32.2. The maximum Gasteiger partial charge on any atom is 0.421 e. The Kier molecular flexibility index (Phi) is 7.05. The third-order valence-corrected chi connectivity index (χ3v) is 7.46. The van der Waals surface area contributed by atoms with E-state index >= 15 is 0 Å². The predicted molar refractivity (Wildman–Crippen MR) is 99.0 cm³/mol. The molecule has 2 unspecified atom stereocenters. The van der Waals surface area contributed by atoms with Gasteiger partial charge >= 0.3 is 6.18 Å². The Balaban J connectivity index is 2.23. The molecule has 2 atom stereocenters. The summed E-state index contributed by atoms with van der Waals surface area (Å²) in [6.07, 6.45) is -1.93. The number of benzene rings is 1. The van der Waals surface area contributed by atoms with Gasteiger partial charge < -0.3 is 5.11 Å². The van der Waals surface area contributed by atoms with Gasteiger partial charge in [-0.15, -0.1) is 0 Å². The lowest BCUT2D eigenvalue weighted by Gasteiger charge is -2.34. The first-order valence-electron chi connectivity index (χ1n) is 8.92. The normalized spacial score (nSPS) is 21.7. The molecular formula is C17H24F3NO6S2. The zero-order valence-corrected chi connectivity index (χ0v) is 17.6. The first kappa shape index (κ1) is 24.1. The molecule has 0 saturated carbocycles. The Hall–Kier alpha value is -1.21. The van der Waals surface area contributed by atoms with Crippen LogP contribution in [0.4, 0.5) is 13.2 Å². The molecule has 1 aliphatic rings. The minimum atomic E-state index is -4.91. The standard InChI is InChI=1S/C17H24F3NO6S2/c1-16(22,17(18,19)20)13-6-8-15(9-7-13)29(25,26)21-11-4-3-5-14(21)10-12-27-28(2,23)24/h6-9,14,22H,3-5,10-12H2,1-2H3. The molecule has 0 aromatic heterocycles. The lowest BCUT2D eigenvalue weighted by Crippen LogP contribution is -2.44. The fourth-order valence-electron chi connectivity index (χ4n) is 3.16. The van der Waals surface area contributed by atoms with Crippen LogP contribution in [0.15, 0.2) is 29.2 Å². The second-order valence-electron chi connectivity index (χ2n) is 7.17. The van der Waals surface area contributed by atoms with Crippen molar-refractivity contribution in [3.05, 3.63) is 29.8 Å². The highest BCUT2D eigenvalue weighted by Gasteiger charge is 2.51. The van der Waals surface area contributed by atoms with Crippen molar-refractivity contribution in [2.75, 3.05) is 19.4 Å². The van der Waals surface area contributed by atoms with Crippen molar-refractivity contribution in [1.29, 1.82) is 0 Å². The summed E-state index contributed by atoms with van der Waals surface area (Å²) < 4.78 is 93.0. The third-order valence-electron chi connectivity index (χ3n) is 4.90. The molecule has 1 aromatic carbocycles. The maximum absolute atomic E-state index is 13.0. The van der Waals surface area contributed by atoms with E-state index in [2.05, 4.69) is 0 Å². The lowest BCUT2D eigenvalue weighted by atomic mass is 9.96. The number of aliphatic hydroxyl groups is 1. The molecule has 0 amide bonds. The van der Waals surface area contributed by atoms with Gasteiger partial charge in [0.05, 0.1) is 17.8 Å². The molecule has 12 heteroatoms. The SMILES string of the molecule is CC(O)(c1ccc(S(=O)(=O)N2CCCCC2CCOS(C)(=O)=O)cc1)C(F)(F)F. The van der Waals surface area contributed by atoms with E-state index in [1.54, 1.807) is 0 Å². The van der Waals surface area contributed by atoms with Gasteiger partial charge in [-0.3, -0.25) is 4.18 Å². The van der Waals surface area contributed by atoms with Gasteiger partial charge in [0.15, 0.2) is 5.60 Å². The van der Waals surface area contributed by atoms with Crippen LogP contribution in [-0.4, -0.2) is 57.9 Å². The van der Waals surface area contributed by atoms with Crippen LogP contribution in [0.2, 0.25) is 0 Å². The molecular weight excluding hydrogens is 435 g/mol. The quantitative estimate of drug-likeness (QED) is 0.629. The van der Waals surface area contributed by atoms with Gasteiger partial charge in [0.2, 0.25) is 10.0 Å². The highest BCUT2D eigenvalue weighted by molar-refractivity contribution is 7.89. The van der Waals surface area contributed by atoms with Crippen LogP contribution in [0.3, 0.4) is 0 Å². The summed E-state index contributed by atoms with van der Waals surface area (Å²) in [6, 6.07) is 3.46. The van der Waals surface area contributed by atoms with Crippen molar-refractivity contribution in [3.63, 3.8) is 0 Å². The summed E-state index contributed by atoms with van der Waals surface area (Å²) in [6.45, 7) is 0.649. The van der Waals surface area contributed by atoms with Crippen LogP contribution in [-0.2, 0) is 29.9 Å². The molecule has 1 aliphatic heterocycles. The van der Waals surface area contributed by atoms with E-state index in [0.29, 0.717) is 19.8 Å². The molecule has 1 aromatic rings. The van der Waals surface area contributed by atoms with Crippen molar-refractivity contribution in [2.24, 2.45) is 0 Å². The zero-order valence-electron chi connectivity index (χ0n) is 16.0. The molecule has 29 heavy (non-hydrogen) atoms. The summed E-state index contributed by atoms with van der Waals surface area (Å²) in [5.41, 5.74) is -3.58. The van der Waals surface area contributed by atoms with E-state index in [9.17, 15) is 35.1 Å². The van der Waals surface area contributed by atoms with Gasteiger partial charge in [0.25, 0.3) is 10.1 Å². The van der Waals surface area contributed by atoms with Crippen LogP contribution in [0.5, 0.6) is 0 Å². The molecule has 1 fully saturated rings. The van der Waals surface area contributed by atoms with Crippen LogP contribution < -0.4 is 0 Å². The number of sulfonamides is 1. The van der Waals surface area contributed by atoms with Gasteiger partial charge in [-0.05, 0) is 43.9 Å². The third kappa shape index (κ3) is 5.69. The number of halogens is 3. The minimum absolute atomic E-state index is 0.164. The summed E-state index contributed by atoms with van der Waals surface area (Å²) >= 11 is 0. The zero-order chi connectivity index (χ0) is 22.1. The van der Waals surface area contributed by atoms with E-state index in [1.807, 2.05) is 0 Å². The topological polar surface area (TPSA) is 101 Å². The van der Waals surface area contributed by atoms with E-state index < -0.39 is 43.5 Å². The number of hydrogen-bond donors (Lipinski definition) is 1.